The van der Waals surface area contributed by atoms with Gasteiger partial charge in [0.05, 0.1) is 13.1 Å². The predicted octanol–water partition coefficient (Wildman–Crippen LogP) is -0.400. The first-order valence-electron chi connectivity index (χ1n) is 6.62. The summed E-state index contributed by atoms with van der Waals surface area (Å²) in [7, 11) is 0. The van der Waals surface area contributed by atoms with E-state index in [0.717, 1.165) is 19.6 Å². The number of hydrogen-bond donors (Lipinski definition) is 2. The average molecular weight is 327 g/mol. The van der Waals surface area contributed by atoms with Gasteiger partial charge in [0.15, 0.2) is 0 Å². The minimum absolute atomic E-state index is 0. The first-order chi connectivity index (χ1) is 8.61. The molecule has 2 heterocycles. The molecule has 2 saturated heterocycles. The van der Waals surface area contributed by atoms with Crippen LogP contribution in [-0.2, 0) is 9.59 Å². The van der Waals surface area contributed by atoms with E-state index in [0.29, 0.717) is 6.04 Å². The van der Waals surface area contributed by atoms with Gasteiger partial charge in [-0.25, -0.2) is 0 Å². The van der Waals surface area contributed by atoms with Gasteiger partial charge in [0, 0.05) is 25.2 Å². The summed E-state index contributed by atoms with van der Waals surface area (Å²) in [5, 5.41) is 2.54. The molecule has 3 N–H and O–H groups in total. The summed E-state index contributed by atoms with van der Waals surface area (Å²) in [5.41, 5.74) is 5.19. The number of nitrogens with zero attached hydrogens (tertiary/aromatic N) is 2. The van der Waals surface area contributed by atoms with Gasteiger partial charge in [-0.3, -0.25) is 14.5 Å². The number of rotatable bonds is 3. The second-order valence-electron chi connectivity index (χ2n) is 5.17. The van der Waals surface area contributed by atoms with Crippen molar-refractivity contribution in [2.24, 2.45) is 5.73 Å². The van der Waals surface area contributed by atoms with Gasteiger partial charge in [0.25, 0.3) is 0 Å². The van der Waals surface area contributed by atoms with Crippen molar-refractivity contribution in [2.75, 3.05) is 32.7 Å². The zero-order valence-electron chi connectivity index (χ0n) is 11.7. The molecular weight excluding hydrogens is 303 g/mol. The molecule has 0 radical (unpaired) electrons. The van der Waals surface area contributed by atoms with Crippen LogP contribution in [0.2, 0.25) is 0 Å². The Morgan fingerprint density at radius 2 is 2.00 bits per heavy atom. The molecule has 0 aromatic rings. The first kappa shape index (κ1) is 19.4. The van der Waals surface area contributed by atoms with Crippen LogP contribution in [0, 0.1) is 0 Å². The number of hydrogen-bond acceptors (Lipinski definition) is 4. The molecule has 2 aliphatic rings. The number of nitrogens with one attached hydrogen (secondary N) is 1. The van der Waals surface area contributed by atoms with Crippen LogP contribution >= 0.6 is 24.8 Å². The zero-order chi connectivity index (χ0) is 13.1. The molecule has 0 aromatic heterocycles. The first-order valence-corrected chi connectivity index (χ1v) is 6.62. The Morgan fingerprint density at radius 3 is 2.65 bits per heavy atom. The van der Waals surface area contributed by atoms with Crippen molar-refractivity contribution in [1.29, 1.82) is 0 Å². The third kappa shape index (κ3) is 4.48. The van der Waals surface area contributed by atoms with Crippen molar-refractivity contribution < 1.29 is 9.59 Å². The fourth-order valence-corrected chi connectivity index (χ4v) is 2.88. The summed E-state index contributed by atoms with van der Waals surface area (Å²) in [6.45, 7) is 4.95. The Morgan fingerprint density at radius 1 is 1.30 bits per heavy atom. The SMILES string of the molecule is CC1CN2CCCC2CN1C(=O)CNC(=O)CN.Cl.Cl. The van der Waals surface area contributed by atoms with Crippen LogP contribution in [0.25, 0.3) is 0 Å². The van der Waals surface area contributed by atoms with E-state index in [1.807, 2.05) is 4.90 Å². The van der Waals surface area contributed by atoms with Gasteiger partial charge in [-0.15, -0.1) is 24.8 Å². The summed E-state index contributed by atoms with van der Waals surface area (Å²) < 4.78 is 0. The lowest BCUT2D eigenvalue weighted by Gasteiger charge is -2.42. The van der Waals surface area contributed by atoms with Crippen LogP contribution in [0.1, 0.15) is 19.8 Å². The van der Waals surface area contributed by atoms with Crippen molar-refractivity contribution in [3.8, 4) is 0 Å². The van der Waals surface area contributed by atoms with Gasteiger partial charge < -0.3 is 16.0 Å². The lowest BCUT2D eigenvalue weighted by atomic mass is 10.1. The maximum Gasteiger partial charge on any atom is 0.242 e. The van der Waals surface area contributed by atoms with Crippen LogP contribution in [0.5, 0.6) is 0 Å². The summed E-state index contributed by atoms with van der Waals surface area (Å²) in [6, 6.07) is 0.733. The van der Waals surface area contributed by atoms with E-state index in [1.165, 1.54) is 12.8 Å². The highest BCUT2D eigenvalue weighted by Gasteiger charge is 2.36. The number of carbonyl (C=O) groups excluding carboxylic acids is 2. The van der Waals surface area contributed by atoms with Crippen LogP contribution < -0.4 is 11.1 Å². The molecule has 0 spiro atoms. The standard InChI is InChI=1S/C12H22N4O2.2ClH/c1-9-7-15-4-2-3-10(15)8-16(9)12(18)6-14-11(17)5-13;;/h9-10H,2-8,13H2,1H3,(H,14,17);2*1H. The molecule has 20 heavy (non-hydrogen) atoms. The summed E-state index contributed by atoms with van der Waals surface area (Å²) >= 11 is 0. The second-order valence-corrected chi connectivity index (χ2v) is 5.17. The highest BCUT2D eigenvalue weighted by Crippen LogP contribution is 2.24. The van der Waals surface area contributed by atoms with E-state index in [-0.39, 0.29) is 55.8 Å². The summed E-state index contributed by atoms with van der Waals surface area (Å²) in [4.78, 5) is 27.5. The van der Waals surface area contributed by atoms with E-state index in [2.05, 4.69) is 17.1 Å². The van der Waals surface area contributed by atoms with Crippen molar-refractivity contribution in [2.45, 2.75) is 31.8 Å². The van der Waals surface area contributed by atoms with Crippen molar-refractivity contribution in [1.82, 2.24) is 15.1 Å². The third-order valence-electron chi connectivity index (χ3n) is 3.88. The predicted molar refractivity (Wildman–Crippen MR) is 82.3 cm³/mol. The highest BCUT2D eigenvalue weighted by molar-refractivity contribution is 5.86. The lowest BCUT2D eigenvalue weighted by molar-refractivity contribution is -0.137. The number of fused-ring (bicyclic) bond motifs is 1. The number of nitrogens with two attached hydrogens (primary N) is 1. The summed E-state index contributed by atoms with van der Waals surface area (Å²) in [5.74, 6) is -0.286. The Kier molecular flexibility index (Phi) is 8.42. The van der Waals surface area contributed by atoms with E-state index in [1.54, 1.807) is 0 Å². The molecule has 2 rings (SSSR count). The number of carbonyl (C=O) groups is 2. The maximum absolute atomic E-state index is 12.1. The van der Waals surface area contributed by atoms with Crippen molar-refractivity contribution in [3.05, 3.63) is 0 Å². The molecule has 0 bridgehead atoms. The minimum Gasteiger partial charge on any atom is -0.346 e. The number of amides is 2. The van der Waals surface area contributed by atoms with Crippen LogP contribution in [0.4, 0.5) is 0 Å². The molecule has 0 aromatic carbocycles. The Bertz CT molecular complexity index is 343. The monoisotopic (exact) mass is 326 g/mol. The van der Waals surface area contributed by atoms with Gasteiger partial charge in [0.1, 0.15) is 0 Å². The zero-order valence-corrected chi connectivity index (χ0v) is 13.3. The van der Waals surface area contributed by atoms with Gasteiger partial charge in [-0.05, 0) is 26.3 Å². The molecule has 0 saturated carbocycles. The topological polar surface area (TPSA) is 78.7 Å². The van der Waals surface area contributed by atoms with Crippen LogP contribution in [-0.4, -0.2) is 66.4 Å². The van der Waals surface area contributed by atoms with Crippen LogP contribution in [0.15, 0.2) is 0 Å². The van der Waals surface area contributed by atoms with Crippen molar-refractivity contribution in [3.63, 3.8) is 0 Å². The summed E-state index contributed by atoms with van der Waals surface area (Å²) in [6.07, 6.45) is 2.40. The Labute approximate surface area is 132 Å². The minimum atomic E-state index is -0.282. The second kappa shape index (κ2) is 8.67. The Hall–Kier alpha value is -0.560. The van der Waals surface area contributed by atoms with Gasteiger partial charge >= 0.3 is 0 Å². The largest absolute Gasteiger partial charge is 0.346 e. The fourth-order valence-electron chi connectivity index (χ4n) is 2.88. The van der Waals surface area contributed by atoms with Gasteiger partial charge in [-0.1, -0.05) is 0 Å². The highest BCUT2D eigenvalue weighted by atomic mass is 35.5. The van der Waals surface area contributed by atoms with Crippen LogP contribution in [0.3, 0.4) is 0 Å². The van der Waals surface area contributed by atoms with E-state index < -0.39 is 0 Å². The normalized spacial score (nSPS) is 25.2. The average Bonchev–Trinajstić information content (AvgIpc) is 2.81. The molecule has 2 atom stereocenters. The molecule has 6 nitrogen and oxygen atoms in total. The molecule has 2 unspecified atom stereocenters. The van der Waals surface area contributed by atoms with E-state index >= 15 is 0 Å². The fraction of sp³-hybridized carbons (Fsp3) is 0.833. The molecule has 2 amide bonds. The maximum atomic E-state index is 12.1. The number of halogens is 2. The molecule has 2 fully saturated rings. The molecule has 8 heteroatoms. The Balaban J connectivity index is 0.00000180. The van der Waals surface area contributed by atoms with Gasteiger partial charge in [0.2, 0.25) is 11.8 Å². The van der Waals surface area contributed by atoms with E-state index in [9.17, 15) is 9.59 Å². The van der Waals surface area contributed by atoms with E-state index in [4.69, 9.17) is 5.73 Å². The molecule has 118 valence electrons. The lowest BCUT2D eigenvalue weighted by Crippen LogP contribution is -2.58. The molecular formula is C12H24Cl2N4O2. The number of piperazine rings is 1. The smallest absolute Gasteiger partial charge is 0.242 e. The third-order valence-corrected chi connectivity index (χ3v) is 3.88. The van der Waals surface area contributed by atoms with Crippen molar-refractivity contribution >= 4 is 36.6 Å². The molecule has 0 aliphatic carbocycles. The van der Waals surface area contributed by atoms with Gasteiger partial charge in [-0.2, -0.15) is 0 Å². The quantitative estimate of drug-likeness (QED) is 0.739. The molecule has 2 aliphatic heterocycles.